The zero-order chi connectivity index (χ0) is 11.5. The van der Waals surface area contributed by atoms with E-state index < -0.39 is 0 Å². The summed E-state index contributed by atoms with van der Waals surface area (Å²) in [6.07, 6.45) is 5.27. The SMILES string of the molecule is C[C@@H](N)c1c(F)cccc1N1CC=CCC1. The van der Waals surface area contributed by atoms with Crippen molar-refractivity contribution in [1.29, 1.82) is 0 Å². The van der Waals surface area contributed by atoms with Gasteiger partial charge in [-0.15, -0.1) is 0 Å². The molecule has 0 amide bonds. The summed E-state index contributed by atoms with van der Waals surface area (Å²) in [4.78, 5) is 2.17. The van der Waals surface area contributed by atoms with Crippen LogP contribution in [0.2, 0.25) is 0 Å². The van der Waals surface area contributed by atoms with Crippen molar-refractivity contribution >= 4 is 5.69 Å². The summed E-state index contributed by atoms with van der Waals surface area (Å²) in [7, 11) is 0. The van der Waals surface area contributed by atoms with E-state index in [4.69, 9.17) is 5.73 Å². The predicted molar refractivity (Wildman–Crippen MR) is 65.0 cm³/mol. The second kappa shape index (κ2) is 4.66. The molecule has 0 radical (unpaired) electrons. The Morgan fingerprint density at radius 2 is 2.19 bits per heavy atom. The lowest BCUT2D eigenvalue weighted by atomic mass is 10.0. The molecule has 0 unspecified atom stereocenters. The number of hydrogen-bond donors (Lipinski definition) is 1. The Balaban J connectivity index is 2.39. The molecule has 86 valence electrons. The maximum atomic E-state index is 13.7. The molecule has 0 saturated heterocycles. The smallest absolute Gasteiger partial charge is 0.130 e. The van der Waals surface area contributed by atoms with Gasteiger partial charge in [-0.25, -0.2) is 4.39 Å². The van der Waals surface area contributed by atoms with Gasteiger partial charge in [-0.2, -0.15) is 0 Å². The highest BCUT2D eigenvalue weighted by molar-refractivity contribution is 5.56. The van der Waals surface area contributed by atoms with Crippen molar-refractivity contribution in [2.75, 3.05) is 18.0 Å². The van der Waals surface area contributed by atoms with Crippen LogP contribution in [0, 0.1) is 5.82 Å². The largest absolute Gasteiger partial charge is 0.367 e. The molecule has 1 aliphatic rings. The Kier molecular flexibility index (Phi) is 3.25. The van der Waals surface area contributed by atoms with Crippen LogP contribution in [0.1, 0.15) is 24.9 Å². The van der Waals surface area contributed by atoms with Gasteiger partial charge in [0.05, 0.1) is 0 Å². The number of halogens is 1. The van der Waals surface area contributed by atoms with Crippen LogP contribution in [0.4, 0.5) is 10.1 Å². The average molecular weight is 220 g/mol. The summed E-state index contributed by atoms with van der Waals surface area (Å²) < 4.78 is 13.7. The van der Waals surface area contributed by atoms with Crippen molar-refractivity contribution in [3.8, 4) is 0 Å². The van der Waals surface area contributed by atoms with Gasteiger partial charge in [0.15, 0.2) is 0 Å². The van der Waals surface area contributed by atoms with Gasteiger partial charge in [-0.05, 0) is 25.5 Å². The van der Waals surface area contributed by atoms with Gasteiger partial charge in [0, 0.05) is 30.4 Å². The van der Waals surface area contributed by atoms with Crippen molar-refractivity contribution in [3.05, 3.63) is 41.7 Å². The number of benzene rings is 1. The fourth-order valence-corrected chi connectivity index (χ4v) is 2.11. The summed E-state index contributed by atoms with van der Waals surface area (Å²) >= 11 is 0. The van der Waals surface area contributed by atoms with E-state index in [9.17, 15) is 4.39 Å². The van der Waals surface area contributed by atoms with E-state index in [2.05, 4.69) is 17.1 Å². The summed E-state index contributed by atoms with van der Waals surface area (Å²) in [5, 5.41) is 0. The van der Waals surface area contributed by atoms with E-state index in [0.29, 0.717) is 5.56 Å². The highest BCUT2D eigenvalue weighted by atomic mass is 19.1. The first kappa shape index (κ1) is 11.1. The summed E-state index contributed by atoms with van der Waals surface area (Å²) in [5.41, 5.74) is 7.39. The fourth-order valence-electron chi connectivity index (χ4n) is 2.11. The maximum absolute atomic E-state index is 13.7. The molecule has 2 N–H and O–H groups in total. The first-order chi connectivity index (χ1) is 7.70. The topological polar surface area (TPSA) is 29.3 Å². The molecule has 0 aliphatic carbocycles. The number of rotatable bonds is 2. The van der Waals surface area contributed by atoms with Crippen LogP contribution in [-0.2, 0) is 0 Å². The molecule has 0 bridgehead atoms. The van der Waals surface area contributed by atoms with Gasteiger partial charge in [-0.3, -0.25) is 0 Å². The van der Waals surface area contributed by atoms with Crippen LogP contribution in [0.25, 0.3) is 0 Å². The second-order valence-corrected chi connectivity index (χ2v) is 4.17. The Labute approximate surface area is 95.6 Å². The molecule has 1 heterocycles. The minimum atomic E-state index is -0.276. The molecule has 3 heteroatoms. The zero-order valence-corrected chi connectivity index (χ0v) is 9.49. The third-order valence-electron chi connectivity index (χ3n) is 2.88. The van der Waals surface area contributed by atoms with E-state index in [-0.39, 0.29) is 11.9 Å². The van der Waals surface area contributed by atoms with Gasteiger partial charge in [0.2, 0.25) is 0 Å². The van der Waals surface area contributed by atoms with E-state index in [1.165, 1.54) is 6.07 Å². The predicted octanol–water partition coefficient (Wildman–Crippen LogP) is 2.61. The lowest BCUT2D eigenvalue weighted by Crippen LogP contribution is -2.29. The molecule has 1 aliphatic heterocycles. The van der Waals surface area contributed by atoms with E-state index >= 15 is 0 Å². The van der Waals surface area contributed by atoms with Gasteiger partial charge in [-0.1, -0.05) is 18.2 Å². The number of nitrogens with zero attached hydrogens (tertiary/aromatic N) is 1. The third-order valence-corrected chi connectivity index (χ3v) is 2.88. The number of hydrogen-bond acceptors (Lipinski definition) is 2. The first-order valence-corrected chi connectivity index (χ1v) is 5.64. The monoisotopic (exact) mass is 220 g/mol. The molecule has 0 fully saturated rings. The van der Waals surface area contributed by atoms with Gasteiger partial charge in [0.1, 0.15) is 5.82 Å². The summed E-state index contributed by atoms with van der Waals surface area (Å²) in [5.74, 6) is -0.206. The van der Waals surface area contributed by atoms with Crippen LogP contribution >= 0.6 is 0 Å². The van der Waals surface area contributed by atoms with Gasteiger partial charge >= 0.3 is 0 Å². The summed E-state index contributed by atoms with van der Waals surface area (Å²) in [6, 6.07) is 4.89. The molecule has 0 aromatic heterocycles. The molecular formula is C13H17FN2. The van der Waals surface area contributed by atoms with Gasteiger partial charge in [0.25, 0.3) is 0 Å². The van der Waals surface area contributed by atoms with Crippen molar-refractivity contribution in [2.45, 2.75) is 19.4 Å². The lowest BCUT2D eigenvalue weighted by Gasteiger charge is -2.29. The van der Waals surface area contributed by atoms with E-state index in [1.54, 1.807) is 6.07 Å². The Morgan fingerprint density at radius 1 is 1.38 bits per heavy atom. The third kappa shape index (κ3) is 2.09. The van der Waals surface area contributed by atoms with E-state index in [1.807, 2.05) is 13.0 Å². The Hall–Kier alpha value is -1.35. The first-order valence-electron chi connectivity index (χ1n) is 5.64. The highest BCUT2D eigenvalue weighted by Crippen LogP contribution is 2.28. The van der Waals surface area contributed by atoms with Crippen LogP contribution in [0.5, 0.6) is 0 Å². The zero-order valence-electron chi connectivity index (χ0n) is 9.49. The second-order valence-electron chi connectivity index (χ2n) is 4.17. The molecule has 1 aromatic carbocycles. The normalized spacial score (nSPS) is 17.6. The molecule has 0 saturated carbocycles. The quantitative estimate of drug-likeness (QED) is 0.776. The van der Waals surface area contributed by atoms with Crippen LogP contribution in [0.3, 0.4) is 0 Å². The van der Waals surface area contributed by atoms with E-state index in [0.717, 1.165) is 25.2 Å². The molecule has 16 heavy (non-hydrogen) atoms. The average Bonchev–Trinajstić information content (AvgIpc) is 2.29. The van der Waals surface area contributed by atoms with Crippen LogP contribution in [-0.4, -0.2) is 13.1 Å². The van der Waals surface area contributed by atoms with Crippen molar-refractivity contribution in [3.63, 3.8) is 0 Å². The standard InChI is InChI=1S/C13H17FN2/c1-10(15)13-11(14)6-5-7-12(13)16-8-3-2-4-9-16/h2-3,5-7,10H,4,8-9,15H2,1H3/t10-/m1/s1. The Bertz CT molecular complexity index is 399. The van der Waals surface area contributed by atoms with Crippen molar-refractivity contribution < 1.29 is 4.39 Å². The minimum absolute atomic E-state index is 0.206. The van der Waals surface area contributed by atoms with Crippen molar-refractivity contribution in [2.24, 2.45) is 5.73 Å². The number of nitrogens with two attached hydrogens (primary N) is 1. The minimum Gasteiger partial charge on any atom is -0.367 e. The molecule has 1 aromatic rings. The number of anilines is 1. The van der Waals surface area contributed by atoms with Crippen molar-refractivity contribution in [1.82, 2.24) is 0 Å². The molecule has 0 spiro atoms. The van der Waals surface area contributed by atoms with Crippen LogP contribution < -0.4 is 10.6 Å². The van der Waals surface area contributed by atoms with Gasteiger partial charge < -0.3 is 10.6 Å². The maximum Gasteiger partial charge on any atom is 0.130 e. The van der Waals surface area contributed by atoms with Crippen LogP contribution in [0.15, 0.2) is 30.4 Å². The summed E-state index contributed by atoms with van der Waals surface area (Å²) in [6.45, 7) is 3.59. The molecular weight excluding hydrogens is 203 g/mol. The molecule has 2 rings (SSSR count). The highest BCUT2D eigenvalue weighted by Gasteiger charge is 2.17. The lowest BCUT2D eigenvalue weighted by molar-refractivity contribution is 0.591. The Morgan fingerprint density at radius 3 is 2.81 bits per heavy atom. The molecule has 2 nitrogen and oxygen atoms in total. The molecule has 1 atom stereocenters. The fraction of sp³-hybridized carbons (Fsp3) is 0.385.